The molecule has 1 atom stereocenters. The number of aromatic nitrogens is 2. The fourth-order valence-electron chi connectivity index (χ4n) is 6.01. The number of pyridine rings is 2. The molecule has 1 saturated heterocycles. The van der Waals surface area contributed by atoms with E-state index in [9.17, 15) is 10.1 Å². The number of piperazine rings is 1. The zero-order chi connectivity index (χ0) is 25.9. The highest BCUT2D eigenvalue weighted by Gasteiger charge is 2.35. The summed E-state index contributed by atoms with van der Waals surface area (Å²) in [5.74, 6) is 2.29. The summed E-state index contributed by atoms with van der Waals surface area (Å²) in [6.07, 6.45) is 13.4. The summed E-state index contributed by atoms with van der Waals surface area (Å²) in [4.78, 5) is 27.2. The second-order valence-corrected chi connectivity index (χ2v) is 11.1. The van der Waals surface area contributed by atoms with Gasteiger partial charge in [-0.3, -0.25) is 9.78 Å². The van der Waals surface area contributed by atoms with E-state index in [1.165, 1.54) is 19.3 Å². The molecular weight excluding hydrogens is 458 g/mol. The number of hydrogen-bond donors (Lipinski definition) is 0. The lowest BCUT2D eigenvalue weighted by molar-refractivity contribution is -0.134. The van der Waals surface area contributed by atoms with Gasteiger partial charge < -0.3 is 9.80 Å². The van der Waals surface area contributed by atoms with Gasteiger partial charge in [0.05, 0.1) is 17.0 Å². The third-order valence-electron chi connectivity index (χ3n) is 8.53. The van der Waals surface area contributed by atoms with Crippen molar-refractivity contribution in [3.63, 3.8) is 0 Å². The topological polar surface area (TPSA) is 73.1 Å². The van der Waals surface area contributed by atoms with Gasteiger partial charge in [0.1, 0.15) is 11.9 Å². The lowest BCUT2D eigenvalue weighted by Gasteiger charge is -2.43. The summed E-state index contributed by atoms with van der Waals surface area (Å²) >= 11 is 0. The molecule has 6 heteroatoms. The van der Waals surface area contributed by atoms with Gasteiger partial charge in [0.25, 0.3) is 0 Å². The van der Waals surface area contributed by atoms with E-state index < -0.39 is 0 Å². The molecule has 2 saturated carbocycles. The van der Waals surface area contributed by atoms with Crippen LogP contribution >= 0.6 is 0 Å². The second-order valence-electron chi connectivity index (χ2n) is 11.1. The van der Waals surface area contributed by atoms with Crippen molar-refractivity contribution in [2.45, 2.75) is 83.6 Å². The molecule has 6 nitrogen and oxygen atoms in total. The van der Waals surface area contributed by atoms with E-state index in [-0.39, 0.29) is 6.04 Å². The molecule has 3 aliphatic rings. The predicted octanol–water partition coefficient (Wildman–Crippen LogP) is 6.24. The van der Waals surface area contributed by atoms with Crippen LogP contribution in [0, 0.1) is 24.2 Å². The summed E-state index contributed by atoms with van der Waals surface area (Å²) in [6, 6.07) is 6.71. The quantitative estimate of drug-likeness (QED) is 0.410. The lowest BCUT2D eigenvalue weighted by Crippen LogP contribution is -2.55. The van der Waals surface area contributed by atoms with Crippen molar-refractivity contribution >= 4 is 17.8 Å². The fraction of sp³-hybridized carbons (Fsp3) is 0.548. The van der Waals surface area contributed by atoms with Gasteiger partial charge in [0, 0.05) is 49.8 Å². The van der Waals surface area contributed by atoms with E-state index in [0.29, 0.717) is 30.4 Å². The van der Waals surface area contributed by atoms with Crippen molar-refractivity contribution in [2.24, 2.45) is 5.92 Å². The first-order valence-electron chi connectivity index (χ1n) is 14.1. The summed E-state index contributed by atoms with van der Waals surface area (Å²) in [7, 11) is 0. The van der Waals surface area contributed by atoms with Crippen molar-refractivity contribution in [2.75, 3.05) is 24.5 Å². The number of carbonyl (C=O) groups is 1. The smallest absolute Gasteiger partial charge is 0.222 e. The molecule has 0 N–H and O–H groups in total. The number of anilines is 1. The summed E-state index contributed by atoms with van der Waals surface area (Å²) < 4.78 is 0. The Hall–Kier alpha value is -3.20. The van der Waals surface area contributed by atoms with Crippen LogP contribution in [0.4, 0.5) is 5.82 Å². The van der Waals surface area contributed by atoms with E-state index >= 15 is 0 Å². The summed E-state index contributed by atoms with van der Waals surface area (Å²) in [6.45, 7) is 10.3. The van der Waals surface area contributed by atoms with Crippen LogP contribution in [-0.2, 0) is 4.79 Å². The molecule has 1 amide bonds. The number of nitriles is 1. The van der Waals surface area contributed by atoms with Crippen LogP contribution in [0.25, 0.3) is 17.2 Å². The van der Waals surface area contributed by atoms with Gasteiger partial charge >= 0.3 is 0 Å². The summed E-state index contributed by atoms with van der Waals surface area (Å²) in [5.41, 5.74) is 5.67. The third-order valence-corrected chi connectivity index (χ3v) is 8.53. The number of amides is 1. The zero-order valence-corrected chi connectivity index (χ0v) is 22.4. The van der Waals surface area contributed by atoms with Crippen LogP contribution in [-0.4, -0.2) is 46.5 Å². The van der Waals surface area contributed by atoms with E-state index in [2.05, 4.69) is 41.3 Å². The molecule has 3 fully saturated rings. The molecule has 0 bridgehead atoms. The van der Waals surface area contributed by atoms with Gasteiger partial charge in [-0.1, -0.05) is 39.2 Å². The molecule has 2 aliphatic carbocycles. The van der Waals surface area contributed by atoms with Crippen LogP contribution < -0.4 is 4.90 Å². The predicted molar refractivity (Wildman–Crippen MR) is 148 cm³/mol. The maximum absolute atomic E-state index is 13.2. The van der Waals surface area contributed by atoms with E-state index in [4.69, 9.17) is 4.98 Å². The minimum atomic E-state index is 0.167. The first kappa shape index (κ1) is 25.4. The van der Waals surface area contributed by atoms with Gasteiger partial charge in [-0.2, -0.15) is 5.26 Å². The van der Waals surface area contributed by atoms with E-state index in [0.717, 1.165) is 85.0 Å². The molecule has 2 aromatic heterocycles. The molecule has 2 aromatic rings. The van der Waals surface area contributed by atoms with Gasteiger partial charge in [-0.15, -0.1) is 0 Å². The molecule has 194 valence electrons. The van der Waals surface area contributed by atoms with Crippen molar-refractivity contribution < 1.29 is 4.79 Å². The molecule has 3 heterocycles. The molecule has 1 aliphatic heterocycles. The Bertz CT molecular complexity index is 1210. The Morgan fingerprint density at radius 1 is 1.24 bits per heavy atom. The standard InChI is InChI=1S/C31H39N5O/c1-4-7-26-20-35(16-17-36(26)28(37)13-10-22-8-6-9-22)31-27(19-32)21(3)29(30(34-31)23-11-12-23)24-14-15-33-25(5-2)18-24/h5,14-15,18,22-23,26H,2,4,6-13,16-17,20H2,1,3H3/t26-/m1/s1. The number of carbonyl (C=O) groups excluding carboxylic acids is 1. The summed E-state index contributed by atoms with van der Waals surface area (Å²) in [5, 5.41) is 10.3. The molecule has 0 aromatic carbocycles. The molecule has 5 rings (SSSR count). The largest absolute Gasteiger partial charge is 0.352 e. The minimum Gasteiger partial charge on any atom is -0.352 e. The van der Waals surface area contributed by atoms with Crippen molar-refractivity contribution in [3.05, 3.63) is 47.4 Å². The van der Waals surface area contributed by atoms with Crippen molar-refractivity contribution in [1.82, 2.24) is 14.9 Å². The van der Waals surface area contributed by atoms with E-state index in [1.807, 2.05) is 12.1 Å². The molecule has 37 heavy (non-hydrogen) atoms. The number of nitrogens with zero attached hydrogens (tertiary/aromatic N) is 5. The average molecular weight is 498 g/mol. The van der Waals surface area contributed by atoms with Crippen LogP contribution in [0.2, 0.25) is 0 Å². The highest BCUT2D eigenvalue weighted by Crippen LogP contribution is 2.46. The van der Waals surface area contributed by atoms with E-state index in [1.54, 1.807) is 12.3 Å². The van der Waals surface area contributed by atoms with Gasteiger partial charge in [0.15, 0.2) is 0 Å². The first-order chi connectivity index (χ1) is 18.0. The molecule has 0 unspecified atom stereocenters. The first-order valence-corrected chi connectivity index (χ1v) is 14.1. The van der Waals surface area contributed by atoms with Crippen molar-refractivity contribution in [3.8, 4) is 17.2 Å². The Labute approximate surface area is 221 Å². The molecular formula is C31H39N5O. The third kappa shape index (κ3) is 5.28. The SMILES string of the molecule is C=Cc1cc(-c2c(C3CC3)nc(N3CCN(C(=O)CCC4CCC4)[C@H](CCC)C3)c(C#N)c2C)ccn1. The van der Waals surface area contributed by atoms with Crippen LogP contribution in [0.15, 0.2) is 24.9 Å². The van der Waals surface area contributed by atoms with Gasteiger partial charge in [-0.25, -0.2) is 4.98 Å². The highest BCUT2D eigenvalue weighted by atomic mass is 16.2. The van der Waals surface area contributed by atoms with Crippen molar-refractivity contribution in [1.29, 1.82) is 5.26 Å². The number of hydrogen-bond acceptors (Lipinski definition) is 5. The maximum atomic E-state index is 13.2. The van der Waals surface area contributed by atoms with Gasteiger partial charge in [0.2, 0.25) is 5.91 Å². The highest BCUT2D eigenvalue weighted by molar-refractivity contribution is 5.79. The van der Waals surface area contributed by atoms with Crippen LogP contribution in [0.5, 0.6) is 0 Å². The van der Waals surface area contributed by atoms with Crippen LogP contribution in [0.1, 0.15) is 93.1 Å². The van der Waals surface area contributed by atoms with Crippen LogP contribution in [0.3, 0.4) is 0 Å². The Morgan fingerprint density at radius 2 is 2.05 bits per heavy atom. The monoisotopic (exact) mass is 497 g/mol. The Balaban J connectivity index is 1.44. The number of rotatable bonds is 9. The second kappa shape index (κ2) is 11.0. The average Bonchev–Trinajstić information content (AvgIpc) is 3.73. The molecule has 0 spiro atoms. The lowest BCUT2D eigenvalue weighted by atomic mass is 9.82. The van der Waals surface area contributed by atoms with Gasteiger partial charge in [-0.05, 0) is 67.9 Å². The Kier molecular flexibility index (Phi) is 7.60. The maximum Gasteiger partial charge on any atom is 0.222 e. The molecule has 0 radical (unpaired) electrons. The Morgan fingerprint density at radius 3 is 2.70 bits per heavy atom. The normalized spacial score (nSPS) is 19.9. The minimum absolute atomic E-state index is 0.167. The zero-order valence-electron chi connectivity index (χ0n) is 22.4. The fourth-order valence-corrected chi connectivity index (χ4v) is 6.01.